The zero-order chi connectivity index (χ0) is 13.7. The Labute approximate surface area is 116 Å². The van der Waals surface area contributed by atoms with E-state index in [1.807, 2.05) is 25.1 Å². The van der Waals surface area contributed by atoms with Crippen LogP contribution < -0.4 is 20.7 Å². The number of hydrazine groups is 1. The third-order valence-electron chi connectivity index (χ3n) is 2.80. The summed E-state index contributed by atoms with van der Waals surface area (Å²) in [5.41, 5.74) is 2.19. The maximum absolute atomic E-state index is 11.6. The van der Waals surface area contributed by atoms with Crippen LogP contribution in [0.4, 0.5) is 0 Å². The van der Waals surface area contributed by atoms with Crippen LogP contribution in [0.1, 0.15) is 19.8 Å². The molecule has 1 aliphatic rings. The summed E-state index contributed by atoms with van der Waals surface area (Å²) in [6, 6.07) is 5.73. The molecule has 0 aliphatic carbocycles. The summed E-state index contributed by atoms with van der Waals surface area (Å²) >= 11 is 1.47. The SMILES string of the molecule is CCC(Sc1ccc2c(c1)OCCCO2)C(=O)NN. The van der Waals surface area contributed by atoms with E-state index in [0.717, 1.165) is 22.8 Å². The van der Waals surface area contributed by atoms with Crippen LogP contribution in [0.15, 0.2) is 23.1 Å². The molecular weight excluding hydrogens is 264 g/mol. The van der Waals surface area contributed by atoms with E-state index in [1.54, 1.807) is 0 Å². The van der Waals surface area contributed by atoms with Gasteiger partial charge < -0.3 is 9.47 Å². The van der Waals surface area contributed by atoms with Crippen molar-refractivity contribution in [1.82, 2.24) is 5.43 Å². The molecule has 2 rings (SSSR count). The van der Waals surface area contributed by atoms with Gasteiger partial charge in [0.15, 0.2) is 11.5 Å². The second kappa shape index (κ2) is 6.68. The third kappa shape index (κ3) is 3.54. The Bertz CT molecular complexity index is 454. The first-order valence-corrected chi connectivity index (χ1v) is 7.19. The van der Waals surface area contributed by atoms with E-state index in [4.69, 9.17) is 15.3 Å². The largest absolute Gasteiger partial charge is 0.490 e. The molecule has 3 N–H and O–H groups in total. The van der Waals surface area contributed by atoms with Crippen molar-refractivity contribution in [3.8, 4) is 11.5 Å². The van der Waals surface area contributed by atoms with Gasteiger partial charge >= 0.3 is 0 Å². The van der Waals surface area contributed by atoms with Crippen molar-refractivity contribution < 1.29 is 14.3 Å². The van der Waals surface area contributed by atoms with E-state index < -0.39 is 0 Å². The van der Waals surface area contributed by atoms with Gasteiger partial charge in [-0.15, -0.1) is 11.8 Å². The van der Waals surface area contributed by atoms with Crippen LogP contribution in [-0.2, 0) is 4.79 Å². The lowest BCUT2D eigenvalue weighted by atomic mass is 10.3. The monoisotopic (exact) mass is 282 g/mol. The van der Waals surface area contributed by atoms with E-state index in [0.29, 0.717) is 19.6 Å². The fourth-order valence-electron chi connectivity index (χ4n) is 1.80. The maximum atomic E-state index is 11.6. The van der Waals surface area contributed by atoms with Gasteiger partial charge in [0.25, 0.3) is 0 Å². The van der Waals surface area contributed by atoms with Gasteiger partial charge in [-0.3, -0.25) is 10.2 Å². The summed E-state index contributed by atoms with van der Waals surface area (Å²) in [6.45, 7) is 3.28. The minimum atomic E-state index is -0.199. The molecule has 6 heteroatoms. The first kappa shape index (κ1) is 14.0. The number of carbonyl (C=O) groups is 1. The molecule has 1 unspecified atom stereocenters. The molecule has 0 spiro atoms. The summed E-state index contributed by atoms with van der Waals surface area (Å²) in [6.07, 6.45) is 1.59. The summed E-state index contributed by atoms with van der Waals surface area (Å²) in [4.78, 5) is 12.6. The molecule has 1 amide bonds. The molecule has 0 saturated carbocycles. The second-order valence-corrected chi connectivity index (χ2v) is 5.46. The van der Waals surface area contributed by atoms with Crippen LogP contribution in [0.2, 0.25) is 0 Å². The summed E-state index contributed by atoms with van der Waals surface area (Å²) in [5.74, 6) is 6.51. The quantitative estimate of drug-likeness (QED) is 0.380. The highest BCUT2D eigenvalue weighted by molar-refractivity contribution is 8.00. The van der Waals surface area contributed by atoms with Crippen molar-refractivity contribution in [3.63, 3.8) is 0 Å². The van der Waals surface area contributed by atoms with Crippen LogP contribution in [0.5, 0.6) is 11.5 Å². The summed E-state index contributed by atoms with van der Waals surface area (Å²) < 4.78 is 11.2. The number of fused-ring (bicyclic) bond motifs is 1. The zero-order valence-corrected chi connectivity index (χ0v) is 11.7. The highest BCUT2D eigenvalue weighted by atomic mass is 32.2. The lowest BCUT2D eigenvalue weighted by Gasteiger charge is -2.14. The molecule has 0 aromatic heterocycles. The molecule has 5 nitrogen and oxygen atoms in total. The standard InChI is InChI=1S/C13H18N2O3S/c1-2-12(13(16)15-14)19-9-4-5-10-11(8-9)18-7-3-6-17-10/h4-5,8,12H,2-3,6-7,14H2,1H3,(H,15,16). The number of nitrogens with two attached hydrogens (primary N) is 1. The molecule has 1 aliphatic heterocycles. The van der Waals surface area contributed by atoms with Gasteiger partial charge in [0.2, 0.25) is 5.91 Å². The van der Waals surface area contributed by atoms with Crippen LogP contribution in [-0.4, -0.2) is 24.4 Å². The van der Waals surface area contributed by atoms with Gasteiger partial charge in [-0.1, -0.05) is 6.92 Å². The molecule has 0 fully saturated rings. The van der Waals surface area contributed by atoms with E-state index >= 15 is 0 Å². The molecule has 19 heavy (non-hydrogen) atoms. The molecule has 104 valence electrons. The lowest BCUT2D eigenvalue weighted by molar-refractivity contribution is -0.120. The molecular formula is C13H18N2O3S. The predicted molar refractivity (Wildman–Crippen MR) is 74.3 cm³/mol. The van der Waals surface area contributed by atoms with Crippen LogP contribution in [0.3, 0.4) is 0 Å². The molecule has 0 saturated heterocycles. The number of thioether (sulfide) groups is 1. The smallest absolute Gasteiger partial charge is 0.247 e. The number of hydrogen-bond donors (Lipinski definition) is 2. The maximum Gasteiger partial charge on any atom is 0.247 e. The van der Waals surface area contributed by atoms with Gasteiger partial charge in [0.1, 0.15) is 0 Å². The first-order chi connectivity index (χ1) is 9.24. The Kier molecular flexibility index (Phi) is 4.93. The van der Waals surface area contributed by atoms with E-state index in [2.05, 4.69) is 5.43 Å². The average Bonchev–Trinajstić information content (AvgIpc) is 2.68. The highest BCUT2D eigenvalue weighted by Crippen LogP contribution is 2.35. The first-order valence-electron chi connectivity index (χ1n) is 6.31. The van der Waals surface area contributed by atoms with E-state index in [-0.39, 0.29) is 11.2 Å². The van der Waals surface area contributed by atoms with Crippen molar-refractivity contribution in [3.05, 3.63) is 18.2 Å². The van der Waals surface area contributed by atoms with Gasteiger partial charge in [0.05, 0.1) is 18.5 Å². The third-order valence-corrected chi connectivity index (χ3v) is 4.16. The minimum Gasteiger partial charge on any atom is -0.490 e. The minimum absolute atomic E-state index is 0.167. The number of hydrogen-bond acceptors (Lipinski definition) is 5. The van der Waals surface area contributed by atoms with Crippen molar-refractivity contribution >= 4 is 17.7 Å². The number of carbonyl (C=O) groups excluding carboxylic acids is 1. The van der Waals surface area contributed by atoms with Gasteiger partial charge in [-0.2, -0.15) is 0 Å². The predicted octanol–water partition coefficient (Wildman–Crippen LogP) is 1.71. The van der Waals surface area contributed by atoms with Gasteiger partial charge in [-0.05, 0) is 24.6 Å². The Hall–Kier alpha value is -1.40. The summed E-state index contributed by atoms with van der Waals surface area (Å²) in [5, 5.41) is -0.199. The van der Waals surface area contributed by atoms with E-state index in [9.17, 15) is 4.79 Å². The van der Waals surface area contributed by atoms with E-state index in [1.165, 1.54) is 11.8 Å². The van der Waals surface area contributed by atoms with Crippen molar-refractivity contribution in [1.29, 1.82) is 0 Å². The highest BCUT2D eigenvalue weighted by Gasteiger charge is 2.18. The van der Waals surface area contributed by atoms with Crippen molar-refractivity contribution in [2.75, 3.05) is 13.2 Å². The number of amides is 1. The van der Waals surface area contributed by atoms with Crippen molar-refractivity contribution in [2.24, 2.45) is 5.84 Å². The molecule has 1 aromatic carbocycles. The van der Waals surface area contributed by atoms with Crippen molar-refractivity contribution in [2.45, 2.75) is 29.9 Å². The van der Waals surface area contributed by atoms with Gasteiger partial charge in [0, 0.05) is 11.3 Å². The van der Waals surface area contributed by atoms with Crippen LogP contribution >= 0.6 is 11.8 Å². The zero-order valence-electron chi connectivity index (χ0n) is 10.8. The van der Waals surface area contributed by atoms with Crippen LogP contribution in [0.25, 0.3) is 0 Å². The Morgan fingerprint density at radius 1 is 1.42 bits per heavy atom. The lowest BCUT2D eigenvalue weighted by Crippen LogP contribution is -2.37. The topological polar surface area (TPSA) is 73.6 Å². The fourth-order valence-corrected chi connectivity index (χ4v) is 2.79. The summed E-state index contributed by atoms with van der Waals surface area (Å²) in [7, 11) is 0. The number of rotatable bonds is 4. The van der Waals surface area contributed by atoms with Gasteiger partial charge in [-0.25, -0.2) is 5.84 Å². The Morgan fingerprint density at radius 2 is 2.16 bits per heavy atom. The average molecular weight is 282 g/mol. The van der Waals surface area contributed by atoms with Crippen LogP contribution in [0, 0.1) is 0 Å². The fraction of sp³-hybridized carbons (Fsp3) is 0.462. The molecule has 1 aromatic rings. The Morgan fingerprint density at radius 3 is 2.84 bits per heavy atom. The molecule has 0 radical (unpaired) electrons. The second-order valence-electron chi connectivity index (χ2n) is 4.18. The molecule has 1 heterocycles. The number of ether oxygens (including phenoxy) is 2. The number of benzene rings is 1. The Balaban J connectivity index is 2.12. The number of nitrogens with one attached hydrogen (secondary N) is 1. The molecule has 1 atom stereocenters. The molecule has 0 bridgehead atoms. The normalized spacial score (nSPS) is 15.5.